The van der Waals surface area contributed by atoms with Crippen LogP contribution in [0.2, 0.25) is 0 Å². The molecular formula is C33H32I2N4O7S. The number of nitrogens with one attached hydrogen (secondary N) is 3. The summed E-state index contributed by atoms with van der Waals surface area (Å²) in [5.41, 5.74) is 6.04. The van der Waals surface area contributed by atoms with Gasteiger partial charge in [-0.15, -0.1) is 0 Å². The van der Waals surface area contributed by atoms with Crippen molar-refractivity contribution < 1.29 is 33.3 Å². The number of rotatable bonds is 13. The molecule has 0 saturated heterocycles. The molecule has 1 aliphatic heterocycles. The second kappa shape index (κ2) is 17.4. The van der Waals surface area contributed by atoms with E-state index in [1.54, 1.807) is 57.2 Å². The van der Waals surface area contributed by atoms with Crippen molar-refractivity contribution in [3.8, 4) is 11.5 Å². The summed E-state index contributed by atoms with van der Waals surface area (Å²) in [5.74, 6) is -0.369. The van der Waals surface area contributed by atoms with Gasteiger partial charge in [0.15, 0.2) is 11.7 Å². The molecule has 4 rings (SSSR count). The molecule has 3 N–H and O–H groups in total. The molecule has 0 unspecified atom stereocenters. The van der Waals surface area contributed by atoms with Gasteiger partial charge in [-0.3, -0.25) is 4.79 Å². The van der Waals surface area contributed by atoms with Crippen molar-refractivity contribution in [1.29, 1.82) is 0 Å². The van der Waals surface area contributed by atoms with E-state index in [2.05, 4.69) is 66.3 Å². The van der Waals surface area contributed by atoms with Crippen LogP contribution < -0.4 is 25.5 Å². The molecule has 0 spiro atoms. The van der Waals surface area contributed by atoms with E-state index in [0.29, 0.717) is 51.2 Å². The number of amides is 1. The van der Waals surface area contributed by atoms with Gasteiger partial charge in [0.25, 0.3) is 5.91 Å². The largest absolute Gasteiger partial charge is 0.487 e. The SMILES string of the molecule is CCOC(=O)C1=C(C)NC(=S)N[C@H]1c1ccccc1OCC(=O)NN=Cc1cc(I)cc(I)c1OCc1ccc(C(=O)OCC)cc1. The lowest BCUT2D eigenvalue weighted by Crippen LogP contribution is -2.45. The molecular weight excluding hydrogens is 850 g/mol. The number of hydrogen-bond donors (Lipinski definition) is 3. The van der Waals surface area contributed by atoms with Gasteiger partial charge in [-0.2, -0.15) is 5.10 Å². The number of hydrogen-bond acceptors (Lipinski definition) is 9. The second-order valence-corrected chi connectivity index (χ2v) is 12.7. The fraction of sp³-hybridized carbons (Fsp3) is 0.242. The van der Waals surface area contributed by atoms with Crippen molar-refractivity contribution in [3.63, 3.8) is 0 Å². The number of allylic oxidation sites excluding steroid dienone is 1. The Labute approximate surface area is 305 Å². The monoisotopic (exact) mass is 882 g/mol. The summed E-state index contributed by atoms with van der Waals surface area (Å²) in [6.45, 7) is 5.68. The van der Waals surface area contributed by atoms with E-state index in [0.717, 1.165) is 12.7 Å². The number of esters is 2. The average Bonchev–Trinajstić information content (AvgIpc) is 3.03. The Morgan fingerprint density at radius 1 is 0.979 bits per heavy atom. The predicted octanol–water partition coefficient (Wildman–Crippen LogP) is 5.54. The van der Waals surface area contributed by atoms with Crippen molar-refractivity contribution in [2.45, 2.75) is 33.4 Å². The number of halogens is 2. The van der Waals surface area contributed by atoms with Gasteiger partial charge >= 0.3 is 11.9 Å². The maximum atomic E-state index is 12.8. The zero-order valence-corrected chi connectivity index (χ0v) is 30.9. The van der Waals surface area contributed by atoms with Crippen molar-refractivity contribution in [2.24, 2.45) is 5.10 Å². The molecule has 0 aliphatic carbocycles. The molecule has 0 saturated carbocycles. The molecule has 3 aromatic carbocycles. The van der Waals surface area contributed by atoms with E-state index < -0.39 is 17.9 Å². The number of carbonyl (C=O) groups excluding carboxylic acids is 3. The van der Waals surface area contributed by atoms with Crippen LogP contribution >= 0.6 is 57.4 Å². The summed E-state index contributed by atoms with van der Waals surface area (Å²) in [6, 6.07) is 17.3. The summed E-state index contributed by atoms with van der Waals surface area (Å²) in [7, 11) is 0. The van der Waals surface area contributed by atoms with Gasteiger partial charge < -0.3 is 29.6 Å². The van der Waals surface area contributed by atoms with Crippen LogP contribution in [0.1, 0.15) is 53.9 Å². The van der Waals surface area contributed by atoms with Gasteiger partial charge in [-0.25, -0.2) is 15.0 Å². The standard InChI is InChI=1S/C33H32I2N4O7S/c1-4-43-31(41)21-12-10-20(11-13-21)17-46-30-22(14-23(34)15-25(30)35)16-36-39-27(40)18-45-26-9-7-6-8-24(26)29-28(32(42)44-5-2)19(3)37-33(47)38-29/h6-16,29H,4-5,17-18H2,1-3H3,(H,39,40)(H2,37,38,47)/t29-/m0/s1. The number of nitrogens with zero attached hydrogens (tertiary/aromatic N) is 1. The number of carbonyl (C=O) groups is 3. The van der Waals surface area contributed by atoms with Crippen LogP contribution in [-0.2, 0) is 25.7 Å². The lowest BCUT2D eigenvalue weighted by Gasteiger charge is -2.30. The van der Waals surface area contributed by atoms with Gasteiger partial charge in [0.1, 0.15) is 18.1 Å². The molecule has 0 aromatic heterocycles. The molecule has 0 fully saturated rings. The minimum absolute atomic E-state index is 0.215. The quantitative estimate of drug-likeness (QED) is 0.0661. The number of para-hydroxylation sites is 1. The van der Waals surface area contributed by atoms with Crippen molar-refractivity contribution in [3.05, 3.63) is 101 Å². The van der Waals surface area contributed by atoms with Crippen LogP contribution in [0.15, 0.2) is 77.0 Å². The summed E-state index contributed by atoms with van der Waals surface area (Å²) in [4.78, 5) is 37.5. The molecule has 3 aromatic rings. The first-order valence-corrected chi connectivity index (χ1v) is 17.0. The molecule has 1 aliphatic rings. The summed E-state index contributed by atoms with van der Waals surface area (Å²) >= 11 is 9.72. The van der Waals surface area contributed by atoms with Crippen LogP contribution in [0.5, 0.6) is 11.5 Å². The molecule has 47 heavy (non-hydrogen) atoms. The Morgan fingerprint density at radius 2 is 1.68 bits per heavy atom. The number of hydrazone groups is 1. The number of thiocarbonyl (C=S) groups is 1. The van der Waals surface area contributed by atoms with Gasteiger partial charge in [0.2, 0.25) is 0 Å². The van der Waals surface area contributed by atoms with E-state index in [1.807, 2.05) is 24.3 Å². The Bertz CT molecular complexity index is 1710. The molecule has 0 radical (unpaired) electrons. The molecule has 0 bridgehead atoms. The average molecular weight is 883 g/mol. The maximum Gasteiger partial charge on any atom is 0.338 e. The normalized spacial score (nSPS) is 14.2. The van der Waals surface area contributed by atoms with E-state index >= 15 is 0 Å². The highest BCUT2D eigenvalue weighted by Gasteiger charge is 2.32. The lowest BCUT2D eigenvalue weighted by molar-refractivity contribution is -0.139. The molecule has 1 heterocycles. The van der Waals surface area contributed by atoms with Gasteiger partial charge in [-0.1, -0.05) is 30.3 Å². The fourth-order valence-electron chi connectivity index (χ4n) is 4.54. The minimum Gasteiger partial charge on any atom is -0.487 e. The first kappa shape index (κ1) is 36.1. The van der Waals surface area contributed by atoms with Crippen LogP contribution in [0.3, 0.4) is 0 Å². The lowest BCUT2D eigenvalue weighted by atomic mass is 9.95. The Kier molecular flexibility index (Phi) is 13.4. The molecule has 14 heteroatoms. The van der Waals surface area contributed by atoms with Crippen molar-refractivity contribution in [1.82, 2.24) is 16.1 Å². The minimum atomic E-state index is -0.642. The van der Waals surface area contributed by atoms with Gasteiger partial charge in [-0.05, 0) is 114 Å². The van der Waals surface area contributed by atoms with Crippen molar-refractivity contribution in [2.75, 3.05) is 19.8 Å². The van der Waals surface area contributed by atoms with Crippen LogP contribution in [0.25, 0.3) is 0 Å². The Morgan fingerprint density at radius 3 is 2.40 bits per heavy atom. The smallest absolute Gasteiger partial charge is 0.338 e. The summed E-state index contributed by atoms with van der Waals surface area (Å²) < 4.78 is 24.1. The van der Waals surface area contributed by atoms with Gasteiger partial charge in [0.05, 0.1) is 40.2 Å². The third-order valence-electron chi connectivity index (χ3n) is 6.63. The molecule has 1 atom stereocenters. The molecule has 1 amide bonds. The molecule has 11 nitrogen and oxygen atoms in total. The molecule has 246 valence electrons. The summed E-state index contributed by atoms with van der Waals surface area (Å²) in [6.07, 6.45) is 1.51. The second-order valence-electron chi connectivity index (χ2n) is 9.92. The predicted molar refractivity (Wildman–Crippen MR) is 197 cm³/mol. The highest BCUT2D eigenvalue weighted by molar-refractivity contribution is 14.1. The number of ether oxygens (including phenoxy) is 4. The number of benzene rings is 3. The highest BCUT2D eigenvalue weighted by Crippen LogP contribution is 2.34. The topological polar surface area (TPSA) is 137 Å². The van der Waals surface area contributed by atoms with E-state index in [1.165, 1.54) is 6.21 Å². The first-order chi connectivity index (χ1) is 22.6. The van der Waals surface area contributed by atoms with Crippen molar-refractivity contribution >= 4 is 86.6 Å². The third-order valence-corrected chi connectivity index (χ3v) is 8.28. The van der Waals surface area contributed by atoms with E-state index in [-0.39, 0.29) is 25.8 Å². The Balaban J connectivity index is 1.41. The zero-order chi connectivity index (χ0) is 33.9. The fourth-order valence-corrected chi connectivity index (χ4v) is 6.86. The van der Waals surface area contributed by atoms with Gasteiger partial charge in [0, 0.05) is 20.4 Å². The first-order valence-electron chi connectivity index (χ1n) is 14.5. The van der Waals surface area contributed by atoms with Crippen LogP contribution in [-0.4, -0.2) is 49.0 Å². The Hall–Kier alpha value is -3.77. The zero-order valence-electron chi connectivity index (χ0n) is 25.7. The van der Waals surface area contributed by atoms with Crippen LogP contribution in [0, 0.1) is 7.14 Å². The van der Waals surface area contributed by atoms with Crippen LogP contribution in [0.4, 0.5) is 0 Å². The third kappa shape index (κ3) is 9.87. The highest BCUT2D eigenvalue weighted by atomic mass is 127. The van der Waals surface area contributed by atoms with E-state index in [4.69, 9.17) is 31.2 Å². The van der Waals surface area contributed by atoms with E-state index in [9.17, 15) is 14.4 Å². The summed E-state index contributed by atoms with van der Waals surface area (Å²) in [5, 5.41) is 10.6. The maximum absolute atomic E-state index is 12.8.